The molecule has 2 N–H and O–H groups in total. The summed E-state index contributed by atoms with van der Waals surface area (Å²) in [5, 5.41) is 31.2. The van der Waals surface area contributed by atoms with Crippen LogP contribution in [0.4, 0.5) is 5.82 Å². The highest BCUT2D eigenvalue weighted by Crippen LogP contribution is 2.30. The smallest absolute Gasteiger partial charge is 0.151 e. The lowest BCUT2D eigenvalue weighted by atomic mass is 10.1. The van der Waals surface area contributed by atoms with Crippen LogP contribution in [0.1, 0.15) is 19.3 Å². The molecule has 3 aromatic rings. The highest BCUT2D eigenvalue weighted by molar-refractivity contribution is 5.68. The van der Waals surface area contributed by atoms with Crippen LogP contribution in [0.2, 0.25) is 0 Å². The Balaban J connectivity index is 1.25. The zero-order valence-electron chi connectivity index (χ0n) is 16.7. The number of nitrogens with one attached hydrogen (secondary N) is 1. The summed E-state index contributed by atoms with van der Waals surface area (Å²) >= 11 is 0. The number of hydrogen-bond donors (Lipinski definition) is 2. The summed E-state index contributed by atoms with van der Waals surface area (Å²) in [6.07, 6.45) is 6.46. The second-order valence-corrected chi connectivity index (χ2v) is 7.78. The van der Waals surface area contributed by atoms with Crippen LogP contribution >= 0.6 is 0 Å². The van der Waals surface area contributed by atoms with E-state index in [4.69, 9.17) is 4.74 Å². The van der Waals surface area contributed by atoms with Gasteiger partial charge in [0.2, 0.25) is 0 Å². The summed E-state index contributed by atoms with van der Waals surface area (Å²) < 4.78 is 5.44. The van der Waals surface area contributed by atoms with Gasteiger partial charge in [-0.2, -0.15) is 15.0 Å². The van der Waals surface area contributed by atoms with Crippen molar-refractivity contribution in [3.05, 3.63) is 42.7 Å². The number of aromatic hydroxyl groups is 1. The molecule has 1 aromatic carbocycles. The summed E-state index contributed by atoms with van der Waals surface area (Å²) in [6, 6.07) is 10.2. The average molecular weight is 407 g/mol. The molecular weight excluding hydrogens is 382 g/mol. The molecule has 2 aliphatic rings. The first kappa shape index (κ1) is 19.0. The standard InChI is InChI=1S/C21H25N7O2/c29-20-13-17(28-22-8-9-23-28)1-2-18(20)19-3-4-21(26-25-19)27-10-5-16(14-27)24-15-6-11-30-12-7-15/h1-4,8-9,13,15-16,24,29H,5-7,10-12,14H2/t16-/m0/s1. The van der Waals surface area contributed by atoms with E-state index < -0.39 is 0 Å². The van der Waals surface area contributed by atoms with E-state index in [-0.39, 0.29) is 5.75 Å². The van der Waals surface area contributed by atoms with Crippen molar-refractivity contribution in [1.29, 1.82) is 0 Å². The molecule has 30 heavy (non-hydrogen) atoms. The van der Waals surface area contributed by atoms with E-state index in [0.29, 0.717) is 29.0 Å². The van der Waals surface area contributed by atoms with Gasteiger partial charge in [0.1, 0.15) is 5.75 Å². The molecule has 2 saturated heterocycles. The molecule has 5 rings (SSSR count). The highest BCUT2D eigenvalue weighted by atomic mass is 16.5. The maximum atomic E-state index is 10.5. The van der Waals surface area contributed by atoms with E-state index in [2.05, 4.69) is 30.6 Å². The third kappa shape index (κ3) is 3.99. The highest BCUT2D eigenvalue weighted by Gasteiger charge is 2.26. The van der Waals surface area contributed by atoms with Crippen molar-refractivity contribution >= 4 is 5.82 Å². The predicted octanol–water partition coefficient (Wildman–Crippen LogP) is 1.78. The van der Waals surface area contributed by atoms with E-state index in [1.54, 1.807) is 24.5 Å². The van der Waals surface area contributed by atoms with Crippen LogP contribution in [0.3, 0.4) is 0 Å². The Hall–Kier alpha value is -3.04. The first-order valence-electron chi connectivity index (χ1n) is 10.4. The molecule has 9 heteroatoms. The summed E-state index contributed by atoms with van der Waals surface area (Å²) in [5.41, 5.74) is 1.95. The summed E-state index contributed by atoms with van der Waals surface area (Å²) in [5.74, 6) is 0.987. The van der Waals surface area contributed by atoms with Crippen LogP contribution in [0.25, 0.3) is 16.9 Å². The van der Waals surface area contributed by atoms with Crippen LogP contribution in [-0.4, -0.2) is 68.7 Å². The number of nitrogens with zero attached hydrogens (tertiary/aromatic N) is 6. The third-order valence-corrected chi connectivity index (χ3v) is 5.76. The van der Waals surface area contributed by atoms with Crippen LogP contribution < -0.4 is 10.2 Å². The Morgan fingerprint density at radius 2 is 1.80 bits per heavy atom. The number of ether oxygens (including phenoxy) is 1. The minimum absolute atomic E-state index is 0.119. The Labute approximate surface area is 174 Å². The van der Waals surface area contributed by atoms with Gasteiger partial charge in [0.25, 0.3) is 0 Å². The summed E-state index contributed by atoms with van der Waals surface area (Å²) in [4.78, 5) is 3.72. The van der Waals surface area contributed by atoms with E-state index in [0.717, 1.165) is 51.4 Å². The van der Waals surface area contributed by atoms with Gasteiger partial charge in [0.05, 0.1) is 23.8 Å². The minimum atomic E-state index is 0.119. The lowest BCUT2D eigenvalue weighted by Gasteiger charge is -2.26. The van der Waals surface area contributed by atoms with Crippen molar-refractivity contribution in [1.82, 2.24) is 30.5 Å². The molecule has 2 fully saturated rings. The molecule has 2 aliphatic heterocycles. The first-order valence-corrected chi connectivity index (χ1v) is 10.4. The molecule has 0 amide bonds. The molecular formula is C21H25N7O2. The molecule has 4 heterocycles. The van der Waals surface area contributed by atoms with Crippen molar-refractivity contribution in [3.8, 4) is 22.7 Å². The van der Waals surface area contributed by atoms with E-state index in [1.165, 1.54) is 4.80 Å². The second-order valence-electron chi connectivity index (χ2n) is 7.78. The quantitative estimate of drug-likeness (QED) is 0.660. The fraction of sp³-hybridized carbons (Fsp3) is 0.429. The number of anilines is 1. The van der Waals surface area contributed by atoms with Gasteiger partial charge in [0.15, 0.2) is 5.82 Å². The second kappa shape index (κ2) is 8.37. The molecule has 2 aromatic heterocycles. The largest absolute Gasteiger partial charge is 0.507 e. The third-order valence-electron chi connectivity index (χ3n) is 5.76. The Bertz CT molecular complexity index is 972. The van der Waals surface area contributed by atoms with Crippen molar-refractivity contribution in [3.63, 3.8) is 0 Å². The fourth-order valence-corrected chi connectivity index (χ4v) is 4.15. The predicted molar refractivity (Wildman–Crippen MR) is 112 cm³/mol. The SMILES string of the molecule is Oc1cc(-n2nccn2)ccc1-c1ccc(N2CC[C@H](NC3CCOCC3)C2)nn1. The molecule has 0 unspecified atom stereocenters. The van der Waals surface area contributed by atoms with E-state index in [1.807, 2.05) is 18.2 Å². The van der Waals surface area contributed by atoms with Gasteiger partial charge in [-0.25, -0.2) is 0 Å². The van der Waals surface area contributed by atoms with Crippen molar-refractivity contribution in [2.75, 3.05) is 31.2 Å². The van der Waals surface area contributed by atoms with Gasteiger partial charge >= 0.3 is 0 Å². The average Bonchev–Trinajstić information content (AvgIpc) is 3.47. The molecule has 0 spiro atoms. The molecule has 9 nitrogen and oxygen atoms in total. The number of phenols is 1. The van der Waals surface area contributed by atoms with E-state index >= 15 is 0 Å². The molecule has 0 aliphatic carbocycles. The first-order chi connectivity index (χ1) is 14.8. The van der Waals surface area contributed by atoms with Crippen molar-refractivity contribution in [2.24, 2.45) is 0 Å². The maximum Gasteiger partial charge on any atom is 0.151 e. The number of hydrogen-bond acceptors (Lipinski definition) is 8. The maximum absolute atomic E-state index is 10.5. The number of aromatic nitrogens is 5. The van der Waals surface area contributed by atoms with Crippen LogP contribution in [0.15, 0.2) is 42.7 Å². The summed E-state index contributed by atoms with van der Waals surface area (Å²) in [7, 11) is 0. The monoisotopic (exact) mass is 407 g/mol. The number of rotatable bonds is 5. The Morgan fingerprint density at radius 3 is 2.53 bits per heavy atom. The Morgan fingerprint density at radius 1 is 0.967 bits per heavy atom. The molecule has 1 atom stereocenters. The van der Waals surface area contributed by atoms with E-state index in [9.17, 15) is 5.11 Å². The van der Waals surface area contributed by atoms with Gasteiger partial charge < -0.3 is 20.1 Å². The van der Waals surface area contributed by atoms with Gasteiger partial charge in [-0.05, 0) is 43.5 Å². The van der Waals surface area contributed by atoms with Crippen LogP contribution in [-0.2, 0) is 4.74 Å². The van der Waals surface area contributed by atoms with Gasteiger partial charge in [-0.15, -0.1) is 10.2 Å². The zero-order valence-corrected chi connectivity index (χ0v) is 16.7. The van der Waals surface area contributed by atoms with Crippen LogP contribution in [0, 0.1) is 0 Å². The number of benzene rings is 1. The lowest BCUT2D eigenvalue weighted by Crippen LogP contribution is -2.43. The van der Waals surface area contributed by atoms with Gasteiger partial charge in [-0.3, -0.25) is 0 Å². The normalized spacial score (nSPS) is 20.0. The fourth-order valence-electron chi connectivity index (χ4n) is 4.15. The zero-order chi connectivity index (χ0) is 20.3. The van der Waals surface area contributed by atoms with Gasteiger partial charge in [0, 0.05) is 50.0 Å². The van der Waals surface area contributed by atoms with Crippen LogP contribution in [0.5, 0.6) is 5.75 Å². The molecule has 0 saturated carbocycles. The molecule has 0 radical (unpaired) electrons. The molecule has 0 bridgehead atoms. The van der Waals surface area contributed by atoms with Crippen molar-refractivity contribution < 1.29 is 9.84 Å². The number of phenolic OH excluding ortho intramolecular Hbond substituents is 1. The lowest BCUT2D eigenvalue weighted by molar-refractivity contribution is 0.0755. The Kier molecular flexibility index (Phi) is 5.29. The summed E-state index contributed by atoms with van der Waals surface area (Å²) in [6.45, 7) is 3.61. The minimum Gasteiger partial charge on any atom is -0.507 e. The van der Waals surface area contributed by atoms with Crippen molar-refractivity contribution in [2.45, 2.75) is 31.3 Å². The molecule has 156 valence electrons. The van der Waals surface area contributed by atoms with Gasteiger partial charge in [-0.1, -0.05) is 0 Å². The topological polar surface area (TPSA) is 101 Å².